The molecule has 6 nitrogen and oxygen atoms in total. The molecule has 1 aromatic rings. The molecule has 1 amide bonds. The van der Waals surface area contributed by atoms with Crippen molar-refractivity contribution in [3.05, 3.63) is 35.9 Å². The number of carbonyl (C=O) groups is 2. The number of hydrogen-bond donors (Lipinski definition) is 2. The number of ether oxygens (including phenoxy) is 1. The number of rotatable bonds is 8. The minimum atomic E-state index is -0.888. The van der Waals surface area contributed by atoms with Gasteiger partial charge < -0.3 is 15.4 Å². The first-order valence-corrected chi connectivity index (χ1v) is 8.21. The van der Waals surface area contributed by atoms with Crippen LogP contribution >= 0.6 is 0 Å². The maximum Gasteiger partial charge on any atom is 0.330 e. The highest BCUT2D eigenvalue weighted by Gasteiger charge is 2.29. The molecule has 0 aliphatic heterocycles. The van der Waals surface area contributed by atoms with Crippen molar-refractivity contribution in [2.75, 3.05) is 18.5 Å². The summed E-state index contributed by atoms with van der Waals surface area (Å²) in [6, 6.07) is 9.41. The fourth-order valence-electron chi connectivity index (χ4n) is 1.88. The van der Waals surface area contributed by atoms with Crippen molar-refractivity contribution in [2.45, 2.75) is 33.2 Å². The lowest BCUT2D eigenvalue weighted by Crippen LogP contribution is -2.50. The van der Waals surface area contributed by atoms with E-state index in [1.807, 2.05) is 38.1 Å². The van der Waals surface area contributed by atoms with Gasteiger partial charge in [0.1, 0.15) is 5.54 Å². The van der Waals surface area contributed by atoms with Crippen molar-refractivity contribution in [3.8, 4) is 6.07 Å². The first kappa shape index (κ1) is 20.2. The van der Waals surface area contributed by atoms with E-state index in [1.165, 1.54) is 6.08 Å². The van der Waals surface area contributed by atoms with Gasteiger partial charge in [0.15, 0.2) is 0 Å². The molecule has 1 aromatic carbocycles. The minimum absolute atomic E-state index is 0.00641. The molecule has 0 fully saturated rings. The van der Waals surface area contributed by atoms with Gasteiger partial charge in [-0.1, -0.05) is 26.0 Å². The molecule has 0 saturated heterocycles. The van der Waals surface area contributed by atoms with Crippen molar-refractivity contribution in [3.63, 3.8) is 0 Å². The average molecular weight is 343 g/mol. The average Bonchev–Trinajstić information content (AvgIpc) is 2.59. The van der Waals surface area contributed by atoms with Gasteiger partial charge in [-0.05, 0) is 43.5 Å². The molecule has 1 rings (SSSR count). The van der Waals surface area contributed by atoms with Gasteiger partial charge in [0.05, 0.1) is 19.2 Å². The Morgan fingerprint density at radius 1 is 1.32 bits per heavy atom. The zero-order valence-electron chi connectivity index (χ0n) is 15.1. The van der Waals surface area contributed by atoms with Gasteiger partial charge in [0.2, 0.25) is 5.91 Å². The fourth-order valence-corrected chi connectivity index (χ4v) is 1.88. The number of nitriles is 1. The Kier molecular flexibility index (Phi) is 7.67. The quantitative estimate of drug-likeness (QED) is 0.559. The van der Waals surface area contributed by atoms with Crippen molar-refractivity contribution < 1.29 is 14.3 Å². The summed E-state index contributed by atoms with van der Waals surface area (Å²) >= 11 is 0. The number of hydrogen-bond acceptors (Lipinski definition) is 5. The summed E-state index contributed by atoms with van der Waals surface area (Å²) in [6.07, 6.45) is 3.03. The van der Waals surface area contributed by atoms with Crippen LogP contribution in [0.1, 0.15) is 33.3 Å². The third-order valence-electron chi connectivity index (χ3n) is 3.85. The molecule has 0 aromatic heterocycles. The Labute approximate surface area is 148 Å². The Balaban J connectivity index is 2.55. The van der Waals surface area contributed by atoms with Crippen LogP contribution in [-0.4, -0.2) is 30.6 Å². The fraction of sp³-hybridized carbons (Fsp3) is 0.421. The number of nitrogens with one attached hydrogen (secondary N) is 2. The van der Waals surface area contributed by atoms with E-state index in [-0.39, 0.29) is 24.3 Å². The van der Waals surface area contributed by atoms with Crippen molar-refractivity contribution in [1.29, 1.82) is 5.26 Å². The Bertz CT molecular complexity index is 659. The van der Waals surface area contributed by atoms with E-state index in [4.69, 9.17) is 4.74 Å². The van der Waals surface area contributed by atoms with E-state index in [0.717, 1.165) is 11.3 Å². The normalized spacial score (nSPS) is 13.1. The van der Waals surface area contributed by atoms with Crippen LogP contribution in [0.3, 0.4) is 0 Å². The SMILES string of the molecule is CCOC(=O)/C=C/c1ccc(NCC(=O)NC(C)(C#N)C(C)C)cc1. The second kappa shape index (κ2) is 9.48. The third-order valence-corrected chi connectivity index (χ3v) is 3.85. The van der Waals surface area contributed by atoms with Crippen LogP contribution in [0.25, 0.3) is 6.08 Å². The summed E-state index contributed by atoms with van der Waals surface area (Å²) in [4.78, 5) is 23.3. The molecular formula is C19H25N3O3. The molecule has 134 valence electrons. The monoisotopic (exact) mass is 343 g/mol. The van der Waals surface area contributed by atoms with E-state index in [1.54, 1.807) is 19.9 Å². The molecule has 0 radical (unpaired) electrons. The van der Waals surface area contributed by atoms with E-state index in [2.05, 4.69) is 16.7 Å². The van der Waals surface area contributed by atoms with E-state index in [0.29, 0.717) is 6.61 Å². The van der Waals surface area contributed by atoms with Crippen molar-refractivity contribution >= 4 is 23.6 Å². The minimum Gasteiger partial charge on any atom is -0.463 e. The molecule has 0 bridgehead atoms. The molecule has 0 aliphatic rings. The summed E-state index contributed by atoms with van der Waals surface area (Å²) < 4.78 is 4.81. The van der Waals surface area contributed by atoms with Gasteiger partial charge in [-0.3, -0.25) is 4.79 Å². The molecule has 25 heavy (non-hydrogen) atoms. The van der Waals surface area contributed by atoms with Crippen molar-refractivity contribution in [2.24, 2.45) is 5.92 Å². The molecule has 2 N–H and O–H groups in total. The Hall–Kier alpha value is -2.81. The predicted molar refractivity (Wildman–Crippen MR) is 97.6 cm³/mol. The van der Waals surface area contributed by atoms with Gasteiger partial charge in [-0.25, -0.2) is 4.79 Å². The van der Waals surface area contributed by atoms with Gasteiger partial charge in [0, 0.05) is 11.8 Å². The lowest BCUT2D eigenvalue weighted by atomic mass is 9.90. The van der Waals surface area contributed by atoms with Gasteiger partial charge in [-0.15, -0.1) is 0 Å². The number of esters is 1. The largest absolute Gasteiger partial charge is 0.463 e. The van der Waals surface area contributed by atoms with Crippen LogP contribution < -0.4 is 10.6 Å². The molecule has 6 heteroatoms. The third kappa shape index (κ3) is 6.68. The Morgan fingerprint density at radius 2 is 1.96 bits per heavy atom. The number of carbonyl (C=O) groups excluding carboxylic acids is 2. The molecular weight excluding hydrogens is 318 g/mol. The zero-order valence-corrected chi connectivity index (χ0v) is 15.1. The predicted octanol–water partition coefficient (Wildman–Crippen LogP) is 2.73. The van der Waals surface area contributed by atoms with Crippen LogP contribution in [0.15, 0.2) is 30.3 Å². The maximum atomic E-state index is 12.0. The van der Waals surface area contributed by atoms with Crippen LogP contribution in [-0.2, 0) is 14.3 Å². The highest BCUT2D eigenvalue weighted by molar-refractivity contribution is 5.87. The van der Waals surface area contributed by atoms with Crippen LogP contribution in [0, 0.1) is 17.2 Å². The summed E-state index contributed by atoms with van der Waals surface area (Å²) in [5.74, 6) is -0.622. The molecule has 0 heterocycles. The van der Waals surface area contributed by atoms with Gasteiger partial charge in [0.25, 0.3) is 0 Å². The molecule has 1 atom stereocenters. The van der Waals surface area contributed by atoms with Crippen molar-refractivity contribution in [1.82, 2.24) is 5.32 Å². The second-order valence-corrected chi connectivity index (χ2v) is 6.08. The van der Waals surface area contributed by atoms with Gasteiger partial charge >= 0.3 is 5.97 Å². The maximum absolute atomic E-state index is 12.0. The summed E-state index contributed by atoms with van der Waals surface area (Å²) in [6.45, 7) is 7.65. The van der Waals surface area contributed by atoms with E-state index in [9.17, 15) is 14.9 Å². The first-order valence-electron chi connectivity index (χ1n) is 8.21. The smallest absolute Gasteiger partial charge is 0.330 e. The number of nitrogens with zero attached hydrogens (tertiary/aromatic N) is 1. The topological polar surface area (TPSA) is 91.2 Å². The zero-order chi connectivity index (χ0) is 18.9. The van der Waals surface area contributed by atoms with E-state index >= 15 is 0 Å². The van der Waals surface area contributed by atoms with E-state index < -0.39 is 5.54 Å². The molecule has 1 unspecified atom stereocenters. The molecule has 0 saturated carbocycles. The summed E-state index contributed by atoms with van der Waals surface area (Å²) in [5.41, 5.74) is 0.729. The van der Waals surface area contributed by atoms with Crippen LogP contribution in [0.2, 0.25) is 0 Å². The lowest BCUT2D eigenvalue weighted by Gasteiger charge is -2.27. The highest BCUT2D eigenvalue weighted by Crippen LogP contribution is 2.15. The molecule has 0 aliphatic carbocycles. The standard InChI is InChI=1S/C19H25N3O3/c1-5-25-18(24)11-8-15-6-9-16(10-7-15)21-12-17(23)22-19(4,13-20)14(2)3/h6-11,14,21H,5,12H2,1-4H3,(H,22,23)/b11-8+. The molecule has 0 spiro atoms. The lowest BCUT2D eigenvalue weighted by molar-refractivity contribution is -0.137. The summed E-state index contributed by atoms with van der Waals surface area (Å²) in [7, 11) is 0. The number of benzene rings is 1. The Morgan fingerprint density at radius 3 is 2.48 bits per heavy atom. The van der Waals surface area contributed by atoms with Crippen LogP contribution in [0.4, 0.5) is 5.69 Å². The highest BCUT2D eigenvalue weighted by atomic mass is 16.5. The number of anilines is 1. The van der Waals surface area contributed by atoms with Crippen LogP contribution in [0.5, 0.6) is 0 Å². The van der Waals surface area contributed by atoms with Gasteiger partial charge in [-0.2, -0.15) is 5.26 Å². The number of amides is 1. The summed E-state index contributed by atoms with van der Waals surface area (Å²) in [5, 5.41) is 15.0. The second-order valence-electron chi connectivity index (χ2n) is 6.08. The first-order chi connectivity index (χ1) is 11.8.